The van der Waals surface area contributed by atoms with Gasteiger partial charge in [0.2, 0.25) is 0 Å². The molecule has 0 bridgehead atoms. The van der Waals surface area contributed by atoms with Gasteiger partial charge in [-0.15, -0.1) is 0 Å². The molecular weight excluding hydrogens is 460 g/mol. The van der Waals surface area contributed by atoms with Gasteiger partial charge in [0.1, 0.15) is 12.4 Å². The highest BCUT2D eigenvalue weighted by Gasteiger charge is 2.34. The first-order chi connectivity index (χ1) is 16.4. The van der Waals surface area contributed by atoms with Crippen molar-refractivity contribution in [1.29, 1.82) is 0 Å². The number of rotatable bonds is 7. The number of hydrogen-bond donors (Lipinski definition) is 0. The third-order valence-electron chi connectivity index (χ3n) is 5.82. The quantitative estimate of drug-likeness (QED) is 0.344. The average Bonchev–Trinajstić information content (AvgIpc) is 2.86. The van der Waals surface area contributed by atoms with Gasteiger partial charge in [-0.2, -0.15) is 0 Å². The van der Waals surface area contributed by atoms with Crippen molar-refractivity contribution in [2.24, 2.45) is 0 Å². The summed E-state index contributed by atoms with van der Waals surface area (Å²) >= 11 is 6.32. The lowest BCUT2D eigenvalue weighted by atomic mass is 9.91. The molecule has 4 rings (SSSR count). The maximum atomic E-state index is 13.5. The van der Waals surface area contributed by atoms with Gasteiger partial charge in [-0.05, 0) is 53.9 Å². The zero-order valence-corrected chi connectivity index (χ0v) is 19.4. The highest BCUT2D eigenvalue weighted by Crippen LogP contribution is 2.39. The molecule has 1 atom stereocenters. The Morgan fingerprint density at radius 1 is 1.09 bits per heavy atom. The number of benzene rings is 3. The third kappa shape index (κ3) is 4.63. The Kier molecular flexibility index (Phi) is 6.88. The van der Waals surface area contributed by atoms with Crippen LogP contribution in [0.1, 0.15) is 27.5 Å². The van der Waals surface area contributed by atoms with E-state index in [2.05, 4.69) is 0 Å². The highest BCUT2D eigenvalue weighted by molar-refractivity contribution is 6.33. The number of methoxy groups -OCH3 is 2. The molecule has 1 amide bonds. The predicted molar refractivity (Wildman–Crippen MR) is 127 cm³/mol. The monoisotopic (exact) mass is 482 g/mol. The number of carbonyl (C=O) groups excluding carboxylic acids is 1. The number of nitrogens with zero attached hydrogens (tertiary/aromatic N) is 2. The molecule has 0 aromatic heterocycles. The van der Waals surface area contributed by atoms with Gasteiger partial charge in [0.15, 0.2) is 11.5 Å². The molecule has 0 N–H and O–H groups in total. The molecule has 1 heterocycles. The highest BCUT2D eigenvalue weighted by atomic mass is 35.5. The van der Waals surface area contributed by atoms with E-state index in [1.165, 1.54) is 24.3 Å². The minimum atomic E-state index is -0.467. The van der Waals surface area contributed by atoms with E-state index in [-0.39, 0.29) is 18.2 Å². The fourth-order valence-electron chi connectivity index (χ4n) is 4.08. The summed E-state index contributed by atoms with van der Waals surface area (Å²) in [5.74, 6) is 1.42. The van der Waals surface area contributed by atoms with Gasteiger partial charge < -0.3 is 19.1 Å². The van der Waals surface area contributed by atoms with Crippen LogP contribution in [0.25, 0.3) is 0 Å². The van der Waals surface area contributed by atoms with Crippen molar-refractivity contribution >= 4 is 23.2 Å². The molecule has 9 heteroatoms. The summed E-state index contributed by atoms with van der Waals surface area (Å²) in [4.78, 5) is 25.7. The molecule has 0 saturated heterocycles. The maximum Gasteiger partial charge on any atom is 0.269 e. The van der Waals surface area contributed by atoms with Crippen LogP contribution in [0.3, 0.4) is 0 Å². The van der Waals surface area contributed by atoms with Crippen LogP contribution in [0.15, 0.2) is 60.7 Å². The van der Waals surface area contributed by atoms with E-state index in [9.17, 15) is 14.9 Å². The molecule has 3 aromatic carbocycles. The summed E-state index contributed by atoms with van der Waals surface area (Å²) in [6, 6.07) is 16.1. The second-order valence-corrected chi connectivity index (χ2v) is 8.12. The van der Waals surface area contributed by atoms with Gasteiger partial charge >= 0.3 is 0 Å². The minimum absolute atomic E-state index is 0.0253. The van der Waals surface area contributed by atoms with Gasteiger partial charge in [-0.1, -0.05) is 23.7 Å². The zero-order chi connectivity index (χ0) is 24.2. The third-order valence-corrected chi connectivity index (χ3v) is 6.15. The van der Waals surface area contributed by atoms with Crippen LogP contribution in [0.4, 0.5) is 5.69 Å². The molecule has 0 aliphatic carbocycles. The Morgan fingerprint density at radius 3 is 2.41 bits per heavy atom. The van der Waals surface area contributed by atoms with E-state index in [4.69, 9.17) is 25.8 Å². The van der Waals surface area contributed by atoms with Gasteiger partial charge in [0, 0.05) is 18.7 Å². The lowest BCUT2D eigenvalue weighted by Gasteiger charge is -2.37. The topological polar surface area (TPSA) is 91.1 Å². The second-order valence-electron chi connectivity index (χ2n) is 7.71. The first-order valence-electron chi connectivity index (χ1n) is 10.6. The molecular formula is C25H23ClN2O6. The predicted octanol–water partition coefficient (Wildman–Crippen LogP) is 5.08. The summed E-state index contributed by atoms with van der Waals surface area (Å²) in [6.07, 6.45) is 0.625. The Hall–Kier alpha value is -3.78. The SMILES string of the molecule is COc1cc2c(cc1OC)[C@H](COc1ccc([N+](=O)[O-])cc1)N(C(=O)c1ccccc1Cl)CC2. The number of fused-ring (bicyclic) bond motifs is 1. The van der Waals surface area contributed by atoms with Crippen molar-refractivity contribution in [3.8, 4) is 17.2 Å². The largest absolute Gasteiger partial charge is 0.493 e. The summed E-state index contributed by atoms with van der Waals surface area (Å²) in [6.45, 7) is 0.595. The molecule has 0 fully saturated rings. The molecule has 8 nitrogen and oxygen atoms in total. The smallest absolute Gasteiger partial charge is 0.269 e. The lowest BCUT2D eigenvalue weighted by molar-refractivity contribution is -0.384. The van der Waals surface area contributed by atoms with Gasteiger partial charge in [-0.25, -0.2) is 0 Å². The number of nitro benzene ring substituents is 1. The van der Waals surface area contributed by atoms with Crippen molar-refractivity contribution in [1.82, 2.24) is 4.90 Å². The van der Waals surface area contributed by atoms with Crippen molar-refractivity contribution in [3.05, 3.63) is 92.5 Å². The summed E-state index contributed by atoms with van der Waals surface area (Å²) < 4.78 is 16.9. The van der Waals surface area contributed by atoms with E-state index < -0.39 is 11.0 Å². The fraction of sp³-hybridized carbons (Fsp3) is 0.240. The maximum absolute atomic E-state index is 13.5. The number of amides is 1. The molecule has 1 aliphatic heterocycles. The second kappa shape index (κ2) is 10.0. The molecule has 1 aliphatic rings. The lowest BCUT2D eigenvalue weighted by Crippen LogP contribution is -2.42. The average molecular weight is 483 g/mol. The van der Waals surface area contributed by atoms with Gasteiger partial charge in [0.05, 0.1) is 35.8 Å². The summed E-state index contributed by atoms with van der Waals surface area (Å²) in [5.41, 5.74) is 2.29. The van der Waals surface area contributed by atoms with Crippen LogP contribution in [0, 0.1) is 10.1 Å². The van der Waals surface area contributed by atoms with Crippen LogP contribution in [0.2, 0.25) is 5.02 Å². The van der Waals surface area contributed by atoms with Crippen molar-refractivity contribution in [2.75, 3.05) is 27.4 Å². The Labute approximate surface area is 201 Å². The van der Waals surface area contributed by atoms with Crippen molar-refractivity contribution in [3.63, 3.8) is 0 Å². The number of hydrogen-bond acceptors (Lipinski definition) is 6. The first kappa shape index (κ1) is 23.4. The number of carbonyl (C=O) groups is 1. The molecule has 0 unspecified atom stereocenters. The Bertz CT molecular complexity index is 1210. The zero-order valence-electron chi connectivity index (χ0n) is 18.7. The Balaban J connectivity index is 1.69. The molecule has 3 aromatic rings. The number of nitro groups is 1. The molecule has 34 heavy (non-hydrogen) atoms. The molecule has 0 saturated carbocycles. The van der Waals surface area contributed by atoms with Crippen molar-refractivity contribution in [2.45, 2.75) is 12.5 Å². The fourth-order valence-corrected chi connectivity index (χ4v) is 4.30. The number of halogens is 1. The summed E-state index contributed by atoms with van der Waals surface area (Å²) in [7, 11) is 3.14. The molecule has 0 radical (unpaired) electrons. The van der Waals surface area contributed by atoms with Gasteiger partial charge in [0.25, 0.3) is 11.6 Å². The van der Waals surface area contributed by atoms with Gasteiger partial charge in [-0.3, -0.25) is 14.9 Å². The first-order valence-corrected chi connectivity index (χ1v) is 11.0. The van der Waals surface area contributed by atoms with E-state index >= 15 is 0 Å². The van der Waals surface area contributed by atoms with Crippen LogP contribution >= 0.6 is 11.6 Å². The van der Waals surface area contributed by atoms with E-state index in [0.29, 0.717) is 40.8 Å². The van der Waals surface area contributed by atoms with E-state index in [1.54, 1.807) is 43.4 Å². The van der Waals surface area contributed by atoms with Crippen LogP contribution in [0.5, 0.6) is 17.2 Å². The van der Waals surface area contributed by atoms with Crippen LogP contribution in [-0.4, -0.2) is 43.1 Å². The van der Waals surface area contributed by atoms with Crippen LogP contribution in [-0.2, 0) is 6.42 Å². The normalized spacial score (nSPS) is 14.8. The standard InChI is InChI=1S/C25H23ClN2O6/c1-32-23-13-16-11-12-27(25(29)19-5-3-4-6-21(19)26)22(20(16)14-24(23)33-2)15-34-18-9-7-17(8-10-18)28(30)31/h3-10,13-14,22H,11-12,15H2,1-2H3/t22-/m0/s1. The molecule has 0 spiro atoms. The van der Waals surface area contributed by atoms with Crippen LogP contribution < -0.4 is 14.2 Å². The van der Waals surface area contributed by atoms with E-state index in [0.717, 1.165) is 11.1 Å². The van der Waals surface area contributed by atoms with Crippen molar-refractivity contribution < 1.29 is 23.9 Å². The molecule has 176 valence electrons. The summed E-state index contributed by atoms with van der Waals surface area (Å²) in [5, 5.41) is 11.3. The number of non-ortho nitro benzene ring substituents is 1. The number of ether oxygens (including phenoxy) is 3. The Morgan fingerprint density at radius 2 is 1.76 bits per heavy atom. The minimum Gasteiger partial charge on any atom is -0.493 e. The van der Waals surface area contributed by atoms with E-state index in [1.807, 2.05) is 12.1 Å².